The van der Waals surface area contributed by atoms with Gasteiger partial charge in [-0.15, -0.1) is 0 Å². The van der Waals surface area contributed by atoms with E-state index < -0.39 is 12.0 Å². The van der Waals surface area contributed by atoms with E-state index in [1.165, 1.54) is 0 Å². The molecule has 0 aliphatic rings. The van der Waals surface area contributed by atoms with Gasteiger partial charge in [0.15, 0.2) is 11.9 Å². The Kier molecular flexibility index (Phi) is 21.7. The van der Waals surface area contributed by atoms with Crippen LogP contribution in [0.3, 0.4) is 0 Å². The summed E-state index contributed by atoms with van der Waals surface area (Å²) in [6.07, 6.45) is 9.17. The third kappa shape index (κ3) is 17.1. The number of benzene rings is 2. The number of guanidine groups is 2. The fraction of sp³-hybridized carbons (Fsp3) is 0.532. The molecule has 2 atom stereocenters. The molecule has 1 aromatic heterocycles. The van der Waals surface area contributed by atoms with Gasteiger partial charge in [0.1, 0.15) is 45.4 Å². The number of phenolic OH excluding ortho intramolecular Hbond substituents is 1. The Morgan fingerprint density at radius 3 is 1.83 bits per heavy atom. The van der Waals surface area contributed by atoms with E-state index >= 15 is 0 Å². The van der Waals surface area contributed by atoms with Gasteiger partial charge < -0.3 is 51.8 Å². The van der Waals surface area contributed by atoms with E-state index in [4.69, 9.17) is 41.6 Å². The number of aliphatic hydroxyl groups is 1. The molecule has 63 heavy (non-hydrogen) atoms. The van der Waals surface area contributed by atoms with Crippen LogP contribution >= 0.6 is 0 Å². The lowest BCUT2D eigenvalue weighted by atomic mass is 9.95. The molecule has 3 aromatic rings. The summed E-state index contributed by atoms with van der Waals surface area (Å²) in [6, 6.07) is 3.15. The highest BCUT2D eigenvalue weighted by atomic mass is 16.5. The standard InChI is InChI=1S/C47H68N6O10/c1-29(2)14-16-35-37(26-54)39(62-21-9-13-34(57)23-32(27-60-28-55)11-7-19-53-47(50)51)25-40-42(35)45(59)43-41(63-40)24-38(36(44(43)58)17-15-30(3)4)61-20-8-12-33(56)22-31(5)10-6-18-52-46(48)49/h14-15,24-25,28,31-32,54,58H,6-13,16-23,26-27H2,1-5H3,(H4,48,49,52)(H4,50,51,53)/t31-,32+/m0/s1. The number of hydrogen-bond acceptors (Lipinski definition) is 12. The van der Waals surface area contributed by atoms with Crippen molar-refractivity contribution < 1.29 is 43.2 Å². The van der Waals surface area contributed by atoms with Gasteiger partial charge in [0, 0.05) is 68.0 Å². The number of allylic oxidation sites excluding steroid dienone is 4. The van der Waals surface area contributed by atoms with E-state index in [0.717, 1.165) is 24.0 Å². The number of fused-ring (bicyclic) bond motifs is 2. The van der Waals surface area contributed by atoms with Gasteiger partial charge in [-0.3, -0.25) is 29.2 Å². The summed E-state index contributed by atoms with van der Waals surface area (Å²) in [6.45, 7) is 11.0. The fourth-order valence-electron chi connectivity index (χ4n) is 7.30. The third-order valence-electron chi connectivity index (χ3n) is 10.5. The van der Waals surface area contributed by atoms with Crippen LogP contribution in [-0.2, 0) is 38.6 Å². The second kappa shape index (κ2) is 26.5. The van der Waals surface area contributed by atoms with Crippen LogP contribution in [0.4, 0.5) is 0 Å². The van der Waals surface area contributed by atoms with Gasteiger partial charge >= 0.3 is 0 Å². The van der Waals surface area contributed by atoms with Crippen molar-refractivity contribution in [2.45, 2.75) is 118 Å². The van der Waals surface area contributed by atoms with E-state index in [0.29, 0.717) is 86.3 Å². The number of aromatic hydroxyl groups is 1. The molecule has 0 aliphatic carbocycles. The maximum Gasteiger partial charge on any atom is 0.293 e. The number of carbonyl (C=O) groups is 3. The number of ketones is 2. The lowest BCUT2D eigenvalue weighted by Gasteiger charge is -2.18. The van der Waals surface area contributed by atoms with Crippen molar-refractivity contribution >= 4 is 51.9 Å². The van der Waals surface area contributed by atoms with Crippen LogP contribution in [0.25, 0.3) is 21.9 Å². The summed E-state index contributed by atoms with van der Waals surface area (Å²) in [5.41, 5.74) is 24.7. The van der Waals surface area contributed by atoms with Crippen LogP contribution in [0.15, 0.2) is 54.6 Å². The first-order valence-electron chi connectivity index (χ1n) is 21.7. The Bertz CT molecular complexity index is 2190. The average Bonchev–Trinajstić information content (AvgIpc) is 3.21. The minimum absolute atomic E-state index is 0.0152. The largest absolute Gasteiger partial charge is 0.507 e. The zero-order chi connectivity index (χ0) is 46.5. The highest BCUT2D eigenvalue weighted by Gasteiger charge is 2.24. The normalized spacial score (nSPS) is 12.0. The number of nitrogens with two attached hydrogens (primary N) is 4. The second-order valence-corrected chi connectivity index (χ2v) is 16.5. The maximum absolute atomic E-state index is 14.5. The monoisotopic (exact) mass is 876 g/mol. The molecule has 16 nitrogen and oxygen atoms in total. The molecule has 346 valence electrons. The molecule has 0 radical (unpaired) electrons. The van der Waals surface area contributed by atoms with E-state index in [-0.39, 0.29) is 109 Å². The van der Waals surface area contributed by atoms with Gasteiger partial charge in [-0.1, -0.05) is 30.2 Å². The SMILES string of the molecule is CC(C)=CCc1c(OCCCC(=O)C[C@@H](C)CCCN=C(N)N)cc2oc3cc(OCCCC(=O)C[C@@H](CCCN=C(N)N)COC=O)c(CO)c(CC=C(C)C)c3c(=O)c2c1O. The van der Waals surface area contributed by atoms with Crippen molar-refractivity contribution in [3.8, 4) is 17.2 Å². The first-order valence-corrected chi connectivity index (χ1v) is 21.7. The first-order chi connectivity index (χ1) is 30.1. The van der Waals surface area contributed by atoms with Crippen molar-refractivity contribution in [2.24, 2.45) is 44.8 Å². The number of nitrogens with zero attached hydrogens (tertiary/aromatic N) is 2. The average molecular weight is 877 g/mol. The summed E-state index contributed by atoms with van der Waals surface area (Å²) < 4.78 is 23.8. The number of ether oxygens (including phenoxy) is 3. The minimum Gasteiger partial charge on any atom is -0.507 e. The van der Waals surface area contributed by atoms with Gasteiger partial charge in [-0.25, -0.2) is 0 Å². The van der Waals surface area contributed by atoms with Crippen LogP contribution in [0.1, 0.15) is 116 Å². The molecular weight excluding hydrogens is 809 g/mol. The summed E-state index contributed by atoms with van der Waals surface area (Å²) in [4.78, 5) is 59.1. The number of aliphatic hydroxyl groups excluding tert-OH is 1. The Hall–Kier alpha value is -5.90. The van der Waals surface area contributed by atoms with Crippen molar-refractivity contribution in [3.63, 3.8) is 0 Å². The molecule has 3 rings (SSSR count). The third-order valence-corrected chi connectivity index (χ3v) is 10.5. The van der Waals surface area contributed by atoms with Crippen LogP contribution in [0, 0.1) is 11.8 Å². The highest BCUT2D eigenvalue weighted by molar-refractivity contribution is 5.97. The predicted molar refractivity (Wildman–Crippen MR) is 247 cm³/mol. The number of hydrogen-bond donors (Lipinski definition) is 6. The molecule has 0 unspecified atom stereocenters. The Labute approximate surface area is 369 Å². The van der Waals surface area contributed by atoms with E-state index in [1.54, 1.807) is 12.1 Å². The minimum atomic E-state index is -0.470. The highest BCUT2D eigenvalue weighted by Crippen LogP contribution is 2.39. The molecule has 2 aromatic carbocycles. The van der Waals surface area contributed by atoms with Gasteiger partial charge in [0.05, 0.1) is 31.8 Å². The Morgan fingerprint density at radius 2 is 1.29 bits per heavy atom. The molecule has 0 saturated carbocycles. The molecular formula is C47H68N6O10. The van der Waals surface area contributed by atoms with E-state index in [2.05, 4.69) is 9.98 Å². The van der Waals surface area contributed by atoms with Crippen molar-refractivity contribution in [1.82, 2.24) is 0 Å². The molecule has 0 aliphatic heterocycles. The maximum atomic E-state index is 14.5. The predicted octanol–water partition coefficient (Wildman–Crippen LogP) is 5.93. The first kappa shape index (κ1) is 51.5. The fourth-order valence-corrected chi connectivity index (χ4v) is 7.30. The summed E-state index contributed by atoms with van der Waals surface area (Å²) >= 11 is 0. The number of rotatable bonds is 30. The molecule has 10 N–H and O–H groups in total. The Morgan fingerprint density at radius 1 is 0.762 bits per heavy atom. The zero-order valence-electron chi connectivity index (χ0n) is 37.6. The van der Waals surface area contributed by atoms with Crippen LogP contribution in [0.5, 0.6) is 17.2 Å². The van der Waals surface area contributed by atoms with Crippen molar-refractivity contribution in [1.29, 1.82) is 0 Å². The number of carbonyl (C=O) groups excluding carboxylic acids is 3. The smallest absolute Gasteiger partial charge is 0.293 e. The molecule has 0 spiro atoms. The topological polar surface area (TPSA) is 278 Å². The summed E-state index contributed by atoms with van der Waals surface area (Å²) in [5, 5.41) is 22.7. The lowest BCUT2D eigenvalue weighted by molar-refractivity contribution is -0.131. The quantitative estimate of drug-likeness (QED) is 0.0113. The Balaban J connectivity index is 1.91. The van der Waals surface area contributed by atoms with Gasteiger partial charge in [-0.2, -0.15) is 0 Å². The zero-order valence-corrected chi connectivity index (χ0v) is 37.6. The van der Waals surface area contributed by atoms with Crippen LogP contribution in [-0.4, -0.2) is 73.1 Å². The van der Waals surface area contributed by atoms with Crippen molar-refractivity contribution in [3.05, 3.63) is 62.3 Å². The van der Waals surface area contributed by atoms with Gasteiger partial charge in [-0.05, 0) is 90.5 Å². The molecule has 0 bridgehead atoms. The number of phenols is 1. The van der Waals surface area contributed by atoms with Crippen LogP contribution < -0.4 is 37.8 Å². The molecule has 1 heterocycles. The molecule has 16 heteroatoms. The van der Waals surface area contributed by atoms with Gasteiger partial charge in [0.2, 0.25) is 5.43 Å². The second-order valence-electron chi connectivity index (χ2n) is 16.5. The molecule has 0 saturated heterocycles. The van der Waals surface area contributed by atoms with Crippen molar-refractivity contribution in [2.75, 3.05) is 32.9 Å². The van der Waals surface area contributed by atoms with Gasteiger partial charge in [0.25, 0.3) is 6.47 Å². The van der Waals surface area contributed by atoms with Crippen LogP contribution in [0.2, 0.25) is 0 Å². The lowest BCUT2D eigenvalue weighted by Crippen LogP contribution is -2.23. The van der Waals surface area contributed by atoms with E-state index in [1.807, 2.05) is 46.8 Å². The summed E-state index contributed by atoms with van der Waals surface area (Å²) in [5.74, 6) is 0.479. The molecule has 0 fully saturated rings. The summed E-state index contributed by atoms with van der Waals surface area (Å²) in [7, 11) is 0. The number of Topliss-reactive ketones (excluding diaryl/α,β-unsaturated/α-hetero) is 2. The number of aliphatic imine (C=N–C) groups is 2. The van der Waals surface area contributed by atoms with E-state index in [9.17, 15) is 29.4 Å². The molecule has 0 amide bonds.